The van der Waals surface area contributed by atoms with Gasteiger partial charge in [-0.3, -0.25) is 9.88 Å². The van der Waals surface area contributed by atoms with Crippen LogP contribution in [0.3, 0.4) is 0 Å². The zero-order valence-electron chi connectivity index (χ0n) is 12.7. The maximum absolute atomic E-state index is 5.44. The van der Waals surface area contributed by atoms with Crippen molar-refractivity contribution in [2.75, 3.05) is 26.3 Å². The van der Waals surface area contributed by atoms with E-state index in [2.05, 4.69) is 54.2 Å². The third-order valence-corrected chi connectivity index (χ3v) is 4.18. The van der Waals surface area contributed by atoms with Gasteiger partial charge in [-0.2, -0.15) is 0 Å². The zero-order valence-corrected chi connectivity index (χ0v) is 12.7. The number of nitrogens with zero attached hydrogens (tertiary/aromatic N) is 2. The summed E-state index contributed by atoms with van der Waals surface area (Å²) < 4.78 is 5.44. The van der Waals surface area contributed by atoms with Gasteiger partial charge in [0.2, 0.25) is 0 Å². The molecule has 1 aromatic carbocycles. The molecule has 0 aliphatic carbocycles. The molecule has 1 aliphatic heterocycles. The van der Waals surface area contributed by atoms with Crippen LogP contribution < -0.4 is 0 Å². The maximum Gasteiger partial charge on any atom is 0.0977 e. The van der Waals surface area contributed by atoms with Crippen molar-refractivity contribution < 1.29 is 4.74 Å². The molecule has 2 heterocycles. The van der Waals surface area contributed by atoms with Gasteiger partial charge in [0.15, 0.2) is 0 Å². The van der Waals surface area contributed by atoms with Gasteiger partial charge in [0, 0.05) is 30.9 Å². The zero-order chi connectivity index (χ0) is 14.7. The minimum atomic E-state index is 0.827. The van der Waals surface area contributed by atoms with Crippen LogP contribution in [0.25, 0.3) is 11.1 Å². The van der Waals surface area contributed by atoms with Crippen LogP contribution in [0.1, 0.15) is 16.8 Å². The second-order valence-electron chi connectivity index (χ2n) is 5.54. The Morgan fingerprint density at radius 3 is 2.57 bits per heavy atom. The predicted octanol–water partition coefficient (Wildman–Crippen LogP) is 3.00. The van der Waals surface area contributed by atoms with E-state index in [1.54, 1.807) is 0 Å². The van der Waals surface area contributed by atoms with Crippen molar-refractivity contribution >= 4 is 0 Å². The molecule has 1 aliphatic rings. The van der Waals surface area contributed by atoms with Crippen molar-refractivity contribution in [1.82, 2.24) is 9.88 Å². The number of aryl methyl sites for hydroxylation is 1. The first-order valence-electron chi connectivity index (χ1n) is 7.49. The lowest BCUT2D eigenvalue weighted by atomic mass is 9.96. The molecule has 3 heteroatoms. The molecule has 0 unspecified atom stereocenters. The second kappa shape index (κ2) is 6.37. The van der Waals surface area contributed by atoms with Crippen molar-refractivity contribution in [3.8, 4) is 11.1 Å². The quantitative estimate of drug-likeness (QED) is 0.865. The smallest absolute Gasteiger partial charge is 0.0977 e. The number of hydrogen-bond donors (Lipinski definition) is 0. The third-order valence-electron chi connectivity index (χ3n) is 4.18. The van der Waals surface area contributed by atoms with Gasteiger partial charge in [-0.25, -0.2) is 0 Å². The fourth-order valence-electron chi connectivity index (χ4n) is 2.72. The molecule has 109 valence electrons. The van der Waals surface area contributed by atoms with Crippen LogP contribution >= 0.6 is 0 Å². The first-order valence-corrected chi connectivity index (χ1v) is 7.49. The van der Waals surface area contributed by atoms with Gasteiger partial charge in [0.25, 0.3) is 0 Å². The lowest BCUT2D eigenvalue weighted by Crippen LogP contribution is -2.36. The molecular formula is C18H21N2O. The molecule has 0 amide bonds. The fourth-order valence-corrected chi connectivity index (χ4v) is 2.72. The van der Waals surface area contributed by atoms with Crippen LogP contribution in [0.2, 0.25) is 0 Å². The van der Waals surface area contributed by atoms with Crippen LogP contribution in [-0.2, 0) is 11.3 Å². The van der Waals surface area contributed by atoms with E-state index in [4.69, 9.17) is 4.74 Å². The SMILES string of the molecule is Cc1n[c]c(-c2ccccc2)c(CN2CCOCC2)c1C. The van der Waals surface area contributed by atoms with E-state index in [1.807, 2.05) is 6.07 Å². The minimum absolute atomic E-state index is 0.827. The monoisotopic (exact) mass is 281 g/mol. The Morgan fingerprint density at radius 2 is 1.86 bits per heavy atom. The lowest BCUT2D eigenvalue weighted by Gasteiger charge is -2.28. The number of pyridine rings is 1. The largest absolute Gasteiger partial charge is 0.379 e. The summed E-state index contributed by atoms with van der Waals surface area (Å²) in [5.41, 5.74) is 6.01. The Bertz CT molecular complexity index is 604. The summed E-state index contributed by atoms with van der Waals surface area (Å²) in [4.78, 5) is 6.89. The van der Waals surface area contributed by atoms with Gasteiger partial charge >= 0.3 is 0 Å². The van der Waals surface area contributed by atoms with E-state index < -0.39 is 0 Å². The number of morpholine rings is 1. The molecule has 0 atom stereocenters. The summed E-state index contributed by atoms with van der Waals surface area (Å²) in [5.74, 6) is 0. The highest BCUT2D eigenvalue weighted by Gasteiger charge is 2.17. The molecule has 0 bridgehead atoms. The van der Waals surface area contributed by atoms with E-state index in [-0.39, 0.29) is 0 Å². The molecule has 1 aromatic heterocycles. The van der Waals surface area contributed by atoms with E-state index >= 15 is 0 Å². The topological polar surface area (TPSA) is 25.4 Å². The standard InChI is InChI=1S/C18H21N2O/c1-14-15(2)19-12-17(16-6-4-3-5-7-16)18(14)13-20-8-10-21-11-9-20/h3-7H,8-11,13H2,1-2H3. The van der Waals surface area contributed by atoms with E-state index in [9.17, 15) is 0 Å². The van der Waals surface area contributed by atoms with E-state index in [0.717, 1.165) is 44.1 Å². The molecule has 2 aromatic rings. The average Bonchev–Trinajstić information content (AvgIpc) is 2.54. The summed E-state index contributed by atoms with van der Waals surface area (Å²) in [6, 6.07) is 10.4. The van der Waals surface area contributed by atoms with Crippen LogP contribution in [0.5, 0.6) is 0 Å². The summed E-state index contributed by atoms with van der Waals surface area (Å²) in [6.07, 6.45) is 3.24. The first kappa shape index (κ1) is 14.2. The van der Waals surface area contributed by atoms with Gasteiger partial charge in [-0.05, 0) is 30.5 Å². The van der Waals surface area contributed by atoms with Crippen molar-refractivity contribution in [1.29, 1.82) is 0 Å². The summed E-state index contributed by atoms with van der Waals surface area (Å²) in [5, 5.41) is 0. The fraction of sp³-hybridized carbons (Fsp3) is 0.389. The predicted molar refractivity (Wildman–Crippen MR) is 84.1 cm³/mol. The molecule has 1 fully saturated rings. The highest BCUT2D eigenvalue weighted by Crippen LogP contribution is 2.27. The highest BCUT2D eigenvalue weighted by molar-refractivity contribution is 5.67. The number of hydrogen-bond acceptors (Lipinski definition) is 3. The Balaban J connectivity index is 1.98. The Labute approximate surface area is 126 Å². The maximum atomic E-state index is 5.44. The molecule has 0 spiro atoms. The molecule has 3 rings (SSSR count). The third kappa shape index (κ3) is 3.14. The number of benzene rings is 1. The van der Waals surface area contributed by atoms with Crippen molar-refractivity contribution in [3.05, 3.63) is 53.3 Å². The number of ether oxygens (including phenoxy) is 1. The number of aromatic nitrogens is 1. The van der Waals surface area contributed by atoms with Gasteiger partial charge in [0.05, 0.1) is 19.4 Å². The molecule has 3 nitrogen and oxygen atoms in total. The van der Waals surface area contributed by atoms with Crippen molar-refractivity contribution in [2.24, 2.45) is 0 Å². The van der Waals surface area contributed by atoms with Gasteiger partial charge in [0.1, 0.15) is 0 Å². The molecule has 1 radical (unpaired) electrons. The molecule has 0 N–H and O–H groups in total. The summed E-state index contributed by atoms with van der Waals surface area (Å²) in [7, 11) is 0. The number of rotatable bonds is 3. The van der Waals surface area contributed by atoms with Crippen LogP contribution in [-0.4, -0.2) is 36.2 Å². The average molecular weight is 281 g/mol. The van der Waals surface area contributed by atoms with Crippen molar-refractivity contribution in [3.63, 3.8) is 0 Å². The molecule has 0 saturated carbocycles. The highest BCUT2D eigenvalue weighted by atomic mass is 16.5. The van der Waals surface area contributed by atoms with E-state index in [0.29, 0.717) is 0 Å². The van der Waals surface area contributed by atoms with Crippen LogP contribution in [0.15, 0.2) is 30.3 Å². The normalized spacial score (nSPS) is 16.1. The lowest BCUT2D eigenvalue weighted by molar-refractivity contribution is 0.0341. The summed E-state index contributed by atoms with van der Waals surface area (Å²) >= 11 is 0. The van der Waals surface area contributed by atoms with Crippen molar-refractivity contribution in [2.45, 2.75) is 20.4 Å². The van der Waals surface area contributed by atoms with Crippen LogP contribution in [0, 0.1) is 20.0 Å². The van der Waals surface area contributed by atoms with E-state index in [1.165, 1.54) is 16.7 Å². The second-order valence-corrected chi connectivity index (χ2v) is 5.54. The molecular weight excluding hydrogens is 260 g/mol. The molecule has 21 heavy (non-hydrogen) atoms. The minimum Gasteiger partial charge on any atom is -0.379 e. The van der Waals surface area contributed by atoms with Gasteiger partial charge < -0.3 is 4.74 Å². The first-order chi connectivity index (χ1) is 10.3. The van der Waals surface area contributed by atoms with Crippen LogP contribution in [0.4, 0.5) is 0 Å². The van der Waals surface area contributed by atoms with Gasteiger partial charge in [-0.1, -0.05) is 30.3 Å². The summed E-state index contributed by atoms with van der Waals surface area (Å²) in [6.45, 7) is 8.81. The Hall–Kier alpha value is -1.71. The Kier molecular flexibility index (Phi) is 4.32. The van der Waals surface area contributed by atoms with Gasteiger partial charge in [-0.15, -0.1) is 0 Å². The molecule has 1 saturated heterocycles. The Morgan fingerprint density at radius 1 is 1.14 bits per heavy atom.